The van der Waals surface area contributed by atoms with Crippen LogP contribution in [0.5, 0.6) is 0 Å². The smallest absolute Gasteiger partial charge is 0.327 e. The van der Waals surface area contributed by atoms with Crippen LogP contribution in [0.3, 0.4) is 0 Å². The van der Waals surface area contributed by atoms with Gasteiger partial charge in [0.15, 0.2) is 5.79 Å². The van der Waals surface area contributed by atoms with E-state index in [1.807, 2.05) is 19.9 Å². The van der Waals surface area contributed by atoms with Gasteiger partial charge in [-0.05, 0) is 51.4 Å². The van der Waals surface area contributed by atoms with Crippen LogP contribution in [0, 0.1) is 17.8 Å². The fourth-order valence-corrected chi connectivity index (χ4v) is 5.18. The third-order valence-electron chi connectivity index (χ3n) is 7.89. The van der Waals surface area contributed by atoms with Crippen molar-refractivity contribution in [3.05, 3.63) is 59.8 Å². The highest BCUT2D eigenvalue weighted by Crippen LogP contribution is 2.45. The van der Waals surface area contributed by atoms with E-state index >= 15 is 0 Å². The zero-order valence-electron chi connectivity index (χ0n) is 24.0. The van der Waals surface area contributed by atoms with Gasteiger partial charge in [-0.2, -0.15) is 0 Å². The minimum atomic E-state index is -1.02. The van der Waals surface area contributed by atoms with E-state index in [2.05, 4.69) is 32.1 Å². The van der Waals surface area contributed by atoms with Crippen molar-refractivity contribution in [3.63, 3.8) is 0 Å². The molecule has 6 nitrogen and oxygen atoms in total. The number of carboxylic acid groups (broad SMARTS) is 1. The maximum atomic E-state index is 10.7. The summed E-state index contributed by atoms with van der Waals surface area (Å²) in [6.45, 7) is 10.3. The number of hydrogen-bond donors (Lipinski definition) is 3. The third-order valence-corrected chi connectivity index (χ3v) is 7.89. The molecule has 2 fully saturated rings. The lowest BCUT2D eigenvalue weighted by atomic mass is 9.81. The first-order valence-corrected chi connectivity index (χ1v) is 14.3. The molecule has 0 bridgehead atoms. The van der Waals surface area contributed by atoms with E-state index in [-0.39, 0.29) is 24.7 Å². The summed E-state index contributed by atoms with van der Waals surface area (Å²) in [5, 5.41) is 28.3. The van der Waals surface area contributed by atoms with Crippen molar-refractivity contribution in [1.29, 1.82) is 0 Å². The molecule has 0 amide bonds. The van der Waals surface area contributed by atoms with E-state index in [4.69, 9.17) is 14.6 Å². The third kappa shape index (κ3) is 10.6. The molecule has 2 saturated heterocycles. The van der Waals surface area contributed by atoms with Gasteiger partial charge < -0.3 is 24.8 Å². The Kier molecular flexibility index (Phi) is 13.7. The van der Waals surface area contributed by atoms with Gasteiger partial charge in [0.1, 0.15) is 0 Å². The Morgan fingerprint density at radius 3 is 2.45 bits per heavy atom. The lowest BCUT2D eigenvalue weighted by Gasteiger charge is -2.49. The average molecular weight is 531 g/mol. The van der Waals surface area contributed by atoms with Crippen molar-refractivity contribution < 1.29 is 29.6 Å². The second-order valence-corrected chi connectivity index (χ2v) is 11.2. The van der Waals surface area contributed by atoms with Crippen LogP contribution in [0.25, 0.3) is 0 Å². The molecule has 0 saturated carbocycles. The number of allylic oxidation sites excluding steroid dienone is 4. The van der Waals surface area contributed by atoms with Gasteiger partial charge in [0.05, 0.1) is 24.9 Å². The summed E-state index contributed by atoms with van der Waals surface area (Å²) in [6, 6.07) is 0. The minimum absolute atomic E-state index is 0.00487. The Morgan fingerprint density at radius 1 is 1.05 bits per heavy atom. The summed E-state index contributed by atoms with van der Waals surface area (Å²) in [7, 11) is 0. The normalized spacial score (nSPS) is 31.0. The summed E-state index contributed by atoms with van der Waals surface area (Å²) in [4.78, 5) is 10.7. The topological polar surface area (TPSA) is 96.2 Å². The number of ether oxygens (including phenoxy) is 2. The Bertz CT molecular complexity index is 884. The highest BCUT2D eigenvalue weighted by atomic mass is 16.7. The number of rotatable bonds is 13. The van der Waals surface area contributed by atoms with E-state index in [9.17, 15) is 15.0 Å². The molecule has 0 aromatic rings. The van der Waals surface area contributed by atoms with Gasteiger partial charge in [-0.1, -0.05) is 87.3 Å². The molecule has 2 aliphatic rings. The first-order valence-electron chi connectivity index (χ1n) is 14.3. The standard InChI is InChI=1S/C32H50O6/c1-6-7-8-27-18-21-32(38-30(27)15-11-24(3)19-22-33)20-17-26(5)29(37-32)14-10-23(2)9-13-28(34)25(4)12-16-31(35)36/h9-13,15-16,19,25-30,33-34H,6-8,14,17-18,20-22H2,1-5H3,(H,35,36)/b13-9+,15-11+,16-12+,23-10+,24-19+. The molecule has 2 heterocycles. The fourth-order valence-electron chi connectivity index (χ4n) is 5.18. The zero-order chi connectivity index (χ0) is 28.1. The maximum absolute atomic E-state index is 10.7. The number of hydrogen-bond acceptors (Lipinski definition) is 5. The second-order valence-electron chi connectivity index (χ2n) is 11.2. The molecule has 38 heavy (non-hydrogen) atoms. The molecule has 7 unspecified atom stereocenters. The van der Waals surface area contributed by atoms with Crippen molar-refractivity contribution in [1.82, 2.24) is 0 Å². The monoisotopic (exact) mass is 530 g/mol. The minimum Gasteiger partial charge on any atom is -0.478 e. The van der Waals surface area contributed by atoms with E-state index in [1.165, 1.54) is 18.9 Å². The largest absolute Gasteiger partial charge is 0.478 e. The van der Waals surface area contributed by atoms with Crippen LogP contribution in [0.15, 0.2) is 59.8 Å². The molecule has 6 heteroatoms. The zero-order valence-corrected chi connectivity index (χ0v) is 24.0. The number of aliphatic carboxylic acids is 1. The highest BCUT2D eigenvalue weighted by molar-refractivity contribution is 5.79. The molecule has 2 aliphatic heterocycles. The number of carboxylic acids is 1. The second kappa shape index (κ2) is 16.2. The van der Waals surface area contributed by atoms with Gasteiger partial charge in [-0.3, -0.25) is 0 Å². The summed E-state index contributed by atoms with van der Waals surface area (Å²) in [6.07, 6.45) is 21.9. The molecule has 0 aromatic heterocycles. The average Bonchev–Trinajstić information content (AvgIpc) is 2.89. The summed E-state index contributed by atoms with van der Waals surface area (Å²) in [5.74, 6) is -0.954. The molecule has 7 atom stereocenters. The molecule has 0 aliphatic carbocycles. The van der Waals surface area contributed by atoms with Crippen LogP contribution >= 0.6 is 0 Å². The van der Waals surface area contributed by atoms with Crippen LogP contribution in [-0.4, -0.2) is 52.0 Å². The maximum Gasteiger partial charge on any atom is 0.327 e. The Balaban J connectivity index is 2.06. The van der Waals surface area contributed by atoms with Crippen LogP contribution < -0.4 is 0 Å². The first-order chi connectivity index (χ1) is 18.1. The summed E-state index contributed by atoms with van der Waals surface area (Å²) < 4.78 is 13.5. The van der Waals surface area contributed by atoms with Crippen molar-refractivity contribution in [2.45, 2.75) is 110 Å². The van der Waals surface area contributed by atoms with Crippen LogP contribution in [-0.2, 0) is 14.3 Å². The first kappa shape index (κ1) is 32.2. The lowest BCUT2D eigenvalue weighted by molar-refractivity contribution is -0.324. The summed E-state index contributed by atoms with van der Waals surface area (Å²) >= 11 is 0. The lowest BCUT2D eigenvalue weighted by Crippen LogP contribution is -2.52. The molecule has 1 spiro atoms. The van der Waals surface area contributed by atoms with E-state index in [0.717, 1.165) is 55.7 Å². The van der Waals surface area contributed by atoms with Crippen LogP contribution in [0.1, 0.15) is 86.0 Å². The van der Waals surface area contributed by atoms with E-state index in [0.29, 0.717) is 11.8 Å². The van der Waals surface area contributed by atoms with Crippen LogP contribution in [0.2, 0.25) is 0 Å². The molecule has 2 rings (SSSR count). The highest BCUT2D eigenvalue weighted by Gasteiger charge is 2.46. The van der Waals surface area contributed by atoms with Crippen LogP contribution in [0.4, 0.5) is 0 Å². The molecule has 214 valence electrons. The van der Waals surface area contributed by atoms with Gasteiger partial charge in [-0.25, -0.2) is 4.79 Å². The SMILES string of the molecule is CCCCC1CCC2(CCC(C)C(C/C=C(C)/C=C/C(O)C(C)/C=C/C(=O)O)O2)OC1/C=C/C(C)=C/CO. The predicted molar refractivity (Wildman–Crippen MR) is 153 cm³/mol. The molecule has 0 radical (unpaired) electrons. The molecule has 3 N–H and O–H groups in total. The molecular formula is C32H50O6. The summed E-state index contributed by atoms with van der Waals surface area (Å²) in [5.41, 5.74) is 2.07. The van der Waals surface area contributed by atoms with E-state index in [1.54, 1.807) is 19.1 Å². The van der Waals surface area contributed by atoms with Gasteiger partial charge in [0.25, 0.3) is 0 Å². The Labute approximate surface area is 229 Å². The number of unbranched alkanes of at least 4 members (excludes halogenated alkanes) is 1. The van der Waals surface area contributed by atoms with Gasteiger partial charge in [-0.15, -0.1) is 0 Å². The Morgan fingerprint density at radius 2 is 1.76 bits per heavy atom. The van der Waals surface area contributed by atoms with Gasteiger partial charge in [0.2, 0.25) is 0 Å². The fraction of sp³-hybridized carbons (Fsp3) is 0.656. The number of aliphatic hydroxyl groups is 2. The Hall–Kier alpha value is -1.99. The predicted octanol–water partition coefficient (Wildman–Crippen LogP) is 6.51. The number of aliphatic hydroxyl groups excluding tert-OH is 2. The quantitative estimate of drug-likeness (QED) is 0.186. The molecule has 0 aromatic carbocycles. The van der Waals surface area contributed by atoms with Crippen molar-refractivity contribution in [3.8, 4) is 0 Å². The van der Waals surface area contributed by atoms with Gasteiger partial charge in [0, 0.05) is 24.8 Å². The molecular weight excluding hydrogens is 480 g/mol. The van der Waals surface area contributed by atoms with E-state index < -0.39 is 17.9 Å². The van der Waals surface area contributed by atoms with Crippen molar-refractivity contribution in [2.24, 2.45) is 17.8 Å². The van der Waals surface area contributed by atoms with Crippen molar-refractivity contribution >= 4 is 5.97 Å². The van der Waals surface area contributed by atoms with Gasteiger partial charge >= 0.3 is 5.97 Å². The van der Waals surface area contributed by atoms with Crippen molar-refractivity contribution in [2.75, 3.05) is 6.61 Å². The number of carbonyl (C=O) groups is 1.